The summed E-state index contributed by atoms with van der Waals surface area (Å²) in [5.74, 6) is 0.514. The molecule has 0 bridgehead atoms. The molecule has 0 heterocycles. The standard InChI is InChI=1S/C17H31O2.Y/c1-15(2)16(18)9-7-13-19-14-8-12-17(3)10-5-4-6-11-17;/h15H,3-14H2,1-2H3;/q-1;. The van der Waals surface area contributed by atoms with Crippen molar-refractivity contribution >= 4 is 5.78 Å². The summed E-state index contributed by atoms with van der Waals surface area (Å²) in [5.41, 5.74) is 0.329. The molecule has 0 aromatic heterocycles. The molecule has 1 aliphatic carbocycles. The van der Waals surface area contributed by atoms with Gasteiger partial charge in [0.05, 0.1) is 0 Å². The minimum Gasteiger partial charge on any atom is -0.381 e. The van der Waals surface area contributed by atoms with Crippen molar-refractivity contribution in [1.29, 1.82) is 0 Å². The third-order valence-corrected chi connectivity index (χ3v) is 4.27. The van der Waals surface area contributed by atoms with Crippen molar-refractivity contribution in [1.82, 2.24) is 0 Å². The van der Waals surface area contributed by atoms with Gasteiger partial charge in [-0.2, -0.15) is 5.41 Å². The van der Waals surface area contributed by atoms with Gasteiger partial charge in [0, 0.05) is 58.3 Å². The average molecular weight is 356 g/mol. The van der Waals surface area contributed by atoms with Crippen molar-refractivity contribution in [3.8, 4) is 0 Å². The van der Waals surface area contributed by atoms with Gasteiger partial charge in [0.25, 0.3) is 0 Å². The van der Waals surface area contributed by atoms with Crippen LogP contribution < -0.4 is 0 Å². The topological polar surface area (TPSA) is 26.3 Å². The average Bonchev–Trinajstić information content (AvgIpc) is 2.38. The Bertz CT molecular complexity index is 258. The van der Waals surface area contributed by atoms with Crippen LogP contribution in [0.5, 0.6) is 0 Å². The molecule has 0 spiro atoms. The quantitative estimate of drug-likeness (QED) is 0.447. The Morgan fingerprint density at radius 2 is 1.75 bits per heavy atom. The molecule has 0 aromatic carbocycles. The molecule has 0 aliphatic heterocycles. The molecule has 1 fully saturated rings. The second-order valence-electron chi connectivity index (χ2n) is 6.50. The van der Waals surface area contributed by atoms with Crippen LogP contribution in [0.25, 0.3) is 0 Å². The monoisotopic (exact) mass is 356 g/mol. The maximum absolute atomic E-state index is 11.4. The molecule has 0 aromatic rings. The van der Waals surface area contributed by atoms with E-state index in [0.717, 1.165) is 26.1 Å². The number of hydrogen-bond acceptors (Lipinski definition) is 2. The van der Waals surface area contributed by atoms with Crippen molar-refractivity contribution in [2.24, 2.45) is 11.3 Å². The van der Waals surface area contributed by atoms with E-state index in [1.54, 1.807) is 0 Å². The van der Waals surface area contributed by atoms with E-state index in [2.05, 4.69) is 6.92 Å². The number of ether oxygens (including phenoxy) is 1. The third kappa shape index (κ3) is 8.90. The number of ketones is 1. The van der Waals surface area contributed by atoms with Crippen LogP contribution in [-0.2, 0) is 42.2 Å². The van der Waals surface area contributed by atoms with Crippen LogP contribution in [0.1, 0.15) is 71.6 Å². The molecule has 1 aliphatic rings. The Kier molecular flexibility index (Phi) is 11.7. The van der Waals surface area contributed by atoms with Crippen molar-refractivity contribution in [3.63, 3.8) is 0 Å². The second-order valence-corrected chi connectivity index (χ2v) is 6.50. The Labute approximate surface area is 150 Å². The van der Waals surface area contributed by atoms with Crippen molar-refractivity contribution in [3.05, 3.63) is 6.92 Å². The van der Waals surface area contributed by atoms with E-state index < -0.39 is 0 Å². The van der Waals surface area contributed by atoms with Gasteiger partial charge in [-0.25, -0.2) is 0 Å². The molecule has 1 rings (SSSR count). The fourth-order valence-electron chi connectivity index (χ4n) is 2.84. The van der Waals surface area contributed by atoms with Crippen LogP contribution in [0.2, 0.25) is 0 Å². The predicted octanol–water partition coefficient (Wildman–Crippen LogP) is 4.57. The summed E-state index contributed by atoms with van der Waals surface area (Å²) in [6.07, 6.45) is 10.5. The zero-order valence-electron chi connectivity index (χ0n) is 13.5. The maximum atomic E-state index is 11.4. The van der Waals surface area contributed by atoms with E-state index in [1.807, 2.05) is 13.8 Å². The Hall–Kier alpha value is 0.734. The van der Waals surface area contributed by atoms with E-state index in [-0.39, 0.29) is 38.6 Å². The van der Waals surface area contributed by atoms with E-state index in [0.29, 0.717) is 17.6 Å². The second kappa shape index (κ2) is 11.3. The van der Waals surface area contributed by atoms with E-state index in [9.17, 15) is 4.79 Å². The summed E-state index contributed by atoms with van der Waals surface area (Å²) in [7, 11) is 0. The van der Waals surface area contributed by atoms with Gasteiger partial charge in [-0.15, -0.1) is 0 Å². The molecule has 3 heteroatoms. The van der Waals surface area contributed by atoms with Crippen molar-refractivity contribution < 1.29 is 42.2 Å². The Balaban J connectivity index is 0.00000361. The van der Waals surface area contributed by atoms with Gasteiger partial charge in [0.2, 0.25) is 0 Å². The molecule has 1 saturated carbocycles. The minimum atomic E-state index is 0. The van der Waals surface area contributed by atoms with Crippen LogP contribution in [-0.4, -0.2) is 19.0 Å². The van der Waals surface area contributed by atoms with Gasteiger partial charge in [-0.3, -0.25) is 4.79 Å². The van der Waals surface area contributed by atoms with E-state index in [4.69, 9.17) is 4.74 Å². The van der Waals surface area contributed by atoms with Gasteiger partial charge in [-0.05, 0) is 12.8 Å². The zero-order chi connectivity index (χ0) is 14.1. The number of Topliss-reactive ketones (excluding diaryl/α,β-unsaturated/α-hetero) is 1. The summed E-state index contributed by atoms with van der Waals surface area (Å²) in [6.45, 7) is 9.88. The SMILES string of the molecule is [CH2-]C1(CCCOCCCC(=O)C(C)C)CCCCC1.[Y]. The van der Waals surface area contributed by atoms with Crippen molar-refractivity contribution in [2.45, 2.75) is 71.6 Å². The summed E-state index contributed by atoms with van der Waals surface area (Å²) in [4.78, 5) is 11.4. The molecule has 0 unspecified atom stereocenters. The molecule has 0 amide bonds. The fraction of sp³-hybridized carbons (Fsp3) is 0.882. The minimum absolute atomic E-state index is 0. The summed E-state index contributed by atoms with van der Waals surface area (Å²) in [6, 6.07) is 0. The number of carbonyl (C=O) groups is 1. The summed E-state index contributed by atoms with van der Waals surface area (Å²) >= 11 is 0. The first-order valence-corrected chi connectivity index (χ1v) is 7.99. The Morgan fingerprint density at radius 3 is 2.35 bits per heavy atom. The Morgan fingerprint density at radius 1 is 1.15 bits per heavy atom. The molecule has 0 atom stereocenters. The van der Waals surface area contributed by atoms with E-state index >= 15 is 0 Å². The number of carbonyl (C=O) groups excluding carboxylic acids is 1. The van der Waals surface area contributed by atoms with E-state index in [1.165, 1.54) is 38.5 Å². The van der Waals surface area contributed by atoms with Crippen molar-refractivity contribution in [2.75, 3.05) is 13.2 Å². The predicted molar refractivity (Wildman–Crippen MR) is 80.0 cm³/mol. The molecule has 0 N–H and O–H groups in total. The van der Waals surface area contributed by atoms with Crippen LogP contribution in [0, 0.1) is 18.3 Å². The number of hydrogen-bond donors (Lipinski definition) is 0. The van der Waals surface area contributed by atoms with Gasteiger partial charge >= 0.3 is 0 Å². The van der Waals surface area contributed by atoms with Crippen LogP contribution in [0.4, 0.5) is 0 Å². The zero-order valence-corrected chi connectivity index (χ0v) is 16.3. The van der Waals surface area contributed by atoms with Gasteiger partial charge < -0.3 is 11.7 Å². The normalized spacial score (nSPS) is 17.8. The molecule has 1 radical (unpaired) electrons. The molecule has 20 heavy (non-hydrogen) atoms. The summed E-state index contributed by atoms with van der Waals surface area (Å²) in [5, 5.41) is 0. The summed E-state index contributed by atoms with van der Waals surface area (Å²) < 4.78 is 5.62. The largest absolute Gasteiger partial charge is 0.381 e. The molecule has 115 valence electrons. The first-order valence-electron chi connectivity index (χ1n) is 7.99. The van der Waals surface area contributed by atoms with Crippen LogP contribution in [0.15, 0.2) is 0 Å². The van der Waals surface area contributed by atoms with Crippen LogP contribution >= 0.6 is 0 Å². The number of rotatable bonds is 9. The molecular weight excluding hydrogens is 325 g/mol. The van der Waals surface area contributed by atoms with Gasteiger partial charge in [0.15, 0.2) is 0 Å². The fourth-order valence-corrected chi connectivity index (χ4v) is 2.84. The third-order valence-electron chi connectivity index (χ3n) is 4.27. The first-order chi connectivity index (χ1) is 9.03. The molecule has 0 saturated heterocycles. The maximum Gasteiger partial charge on any atom is 0.135 e. The molecular formula is C17H31O2Y-. The van der Waals surface area contributed by atoms with Crippen LogP contribution in [0.3, 0.4) is 0 Å². The first kappa shape index (κ1) is 20.7. The molecule has 2 nitrogen and oxygen atoms in total. The smallest absolute Gasteiger partial charge is 0.135 e. The van der Waals surface area contributed by atoms with Gasteiger partial charge in [0.1, 0.15) is 5.78 Å². The van der Waals surface area contributed by atoms with Gasteiger partial charge in [-0.1, -0.05) is 52.4 Å².